The summed E-state index contributed by atoms with van der Waals surface area (Å²) < 4.78 is 5.08. The lowest BCUT2D eigenvalue weighted by molar-refractivity contribution is -0.119. The molecular formula is C23H22ClN3O4S. The fourth-order valence-electron chi connectivity index (χ4n) is 2.67. The molecule has 0 aliphatic rings. The summed E-state index contributed by atoms with van der Waals surface area (Å²) in [4.78, 5) is 41.2. The normalized spacial score (nSPS) is 10.6. The number of thiazole rings is 1. The molecule has 0 saturated carbocycles. The van der Waals surface area contributed by atoms with Crippen molar-refractivity contribution in [2.24, 2.45) is 5.92 Å². The summed E-state index contributed by atoms with van der Waals surface area (Å²) in [7, 11) is 0. The molecule has 0 unspecified atom stereocenters. The molecule has 0 aliphatic carbocycles. The van der Waals surface area contributed by atoms with Crippen LogP contribution < -0.4 is 10.6 Å². The Morgan fingerprint density at radius 1 is 1.09 bits per heavy atom. The molecule has 2 amide bonds. The van der Waals surface area contributed by atoms with Gasteiger partial charge in [0.1, 0.15) is 5.01 Å². The van der Waals surface area contributed by atoms with Crippen molar-refractivity contribution >= 4 is 46.4 Å². The number of halogens is 1. The van der Waals surface area contributed by atoms with E-state index in [9.17, 15) is 14.4 Å². The summed E-state index contributed by atoms with van der Waals surface area (Å²) in [5.74, 6) is -1.26. The molecule has 1 heterocycles. The zero-order valence-electron chi connectivity index (χ0n) is 17.6. The first kappa shape index (κ1) is 23.4. The Bertz CT molecular complexity index is 1110. The lowest BCUT2D eigenvalue weighted by Crippen LogP contribution is -2.29. The number of ether oxygens (including phenoxy) is 1. The zero-order chi connectivity index (χ0) is 23.1. The number of nitrogens with zero attached hydrogens (tertiary/aromatic N) is 1. The van der Waals surface area contributed by atoms with Crippen molar-refractivity contribution in [1.29, 1.82) is 0 Å². The van der Waals surface area contributed by atoms with Crippen LogP contribution in [0.2, 0.25) is 5.02 Å². The fraction of sp³-hybridized carbons (Fsp3) is 0.217. The van der Waals surface area contributed by atoms with Crippen LogP contribution in [0.15, 0.2) is 53.9 Å². The number of nitrogens with one attached hydrogen (secondary N) is 2. The molecule has 3 rings (SSSR count). The predicted molar refractivity (Wildman–Crippen MR) is 125 cm³/mol. The van der Waals surface area contributed by atoms with Gasteiger partial charge in [0.25, 0.3) is 11.8 Å². The topological polar surface area (TPSA) is 97.4 Å². The molecule has 1 aromatic heterocycles. The molecule has 0 bridgehead atoms. The van der Waals surface area contributed by atoms with E-state index in [4.69, 9.17) is 16.3 Å². The van der Waals surface area contributed by atoms with E-state index in [2.05, 4.69) is 15.6 Å². The standard InChI is InChI=1S/C23H22ClN3O4S/c1-14(2)11-25-21(29)17-5-3-4-6-18(17)26-20(28)12-31-23(30)19-13-32-22(27-19)15-7-9-16(24)10-8-15/h3-10,13-14H,11-12H2,1-2H3,(H,25,29)(H,26,28). The fourth-order valence-corrected chi connectivity index (χ4v) is 3.59. The first-order valence-electron chi connectivity index (χ1n) is 9.89. The molecule has 9 heteroatoms. The van der Waals surface area contributed by atoms with Gasteiger partial charge in [-0.3, -0.25) is 9.59 Å². The summed E-state index contributed by atoms with van der Waals surface area (Å²) in [6.45, 7) is 3.99. The Balaban J connectivity index is 1.57. The van der Waals surface area contributed by atoms with Crippen molar-refractivity contribution in [3.8, 4) is 10.6 Å². The van der Waals surface area contributed by atoms with E-state index in [-0.39, 0.29) is 11.6 Å². The van der Waals surface area contributed by atoms with Gasteiger partial charge < -0.3 is 15.4 Å². The minimum atomic E-state index is -0.709. The Labute approximate surface area is 194 Å². The lowest BCUT2D eigenvalue weighted by atomic mass is 10.1. The number of anilines is 1. The molecule has 0 fully saturated rings. The van der Waals surface area contributed by atoms with Crippen LogP contribution in [0.1, 0.15) is 34.7 Å². The summed E-state index contributed by atoms with van der Waals surface area (Å²) in [6.07, 6.45) is 0. The number of aromatic nitrogens is 1. The number of benzene rings is 2. The third-order valence-corrected chi connectivity index (χ3v) is 5.40. The highest BCUT2D eigenvalue weighted by Crippen LogP contribution is 2.25. The maximum Gasteiger partial charge on any atom is 0.358 e. The predicted octanol–water partition coefficient (Wildman–Crippen LogP) is 4.64. The van der Waals surface area contributed by atoms with E-state index < -0.39 is 18.5 Å². The van der Waals surface area contributed by atoms with Crippen molar-refractivity contribution in [3.63, 3.8) is 0 Å². The maximum atomic E-state index is 12.4. The van der Waals surface area contributed by atoms with Crippen molar-refractivity contribution in [1.82, 2.24) is 10.3 Å². The van der Waals surface area contributed by atoms with Gasteiger partial charge in [-0.05, 0) is 30.2 Å². The van der Waals surface area contributed by atoms with Crippen LogP contribution in [0.25, 0.3) is 10.6 Å². The summed E-state index contributed by atoms with van der Waals surface area (Å²) >= 11 is 7.17. The molecule has 32 heavy (non-hydrogen) atoms. The largest absolute Gasteiger partial charge is 0.451 e. The minimum absolute atomic E-state index is 0.112. The van der Waals surface area contributed by atoms with Crippen LogP contribution in [0.3, 0.4) is 0 Å². The highest BCUT2D eigenvalue weighted by atomic mass is 35.5. The van der Waals surface area contributed by atoms with E-state index >= 15 is 0 Å². The van der Waals surface area contributed by atoms with Crippen LogP contribution >= 0.6 is 22.9 Å². The second-order valence-electron chi connectivity index (χ2n) is 7.32. The Kier molecular flexibility index (Phi) is 7.97. The van der Waals surface area contributed by atoms with Gasteiger partial charge in [0.05, 0.1) is 11.3 Å². The van der Waals surface area contributed by atoms with Crippen LogP contribution in [-0.4, -0.2) is 35.9 Å². The van der Waals surface area contributed by atoms with Crippen molar-refractivity contribution in [2.75, 3.05) is 18.5 Å². The third kappa shape index (κ3) is 6.38. The third-order valence-electron chi connectivity index (χ3n) is 4.26. The van der Waals surface area contributed by atoms with Gasteiger partial charge >= 0.3 is 5.97 Å². The van der Waals surface area contributed by atoms with Gasteiger partial charge in [-0.2, -0.15) is 0 Å². The minimum Gasteiger partial charge on any atom is -0.451 e. The zero-order valence-corrected chi connectivity index (χ0v) is 19.1. The van der Waals surface area contributed by atoms with Crippen molar-refractivity contribution in [3.05, 3.63) is 70.2 Å². The summed E-state index contributed by atoms with van der Waals surface area (Å²) in [5.41, 5.74) is 1.61. The molecule has 3 aromatic rings. The number of carbonyl (C=O) groups is 3. The maximum absolute atomic E-state index is 12.4. The first-order valence-corrected chi connectivity index (χ1v) is 11.1. The number of esters is 1. The van der Waals surface area contributed by atoms with Crippen molar-refractivity contribution < 1.29 is 19.1 Å². The summed E-state index contributed by atoms with van der Waals surface area (Å²) in [5, 5.41) is 8.24. The molecule has 0 atom stereocenters. The lowest BCUT2D eigenvalue weighted by Gasteiger charge is -2.12. The van der Waals surface area contributed by atoms with Crippen LogP contribution in [0, 0.1) is 5.92 Å². The number of para-hydroxylation sites is 1. The van der Waals surface area contributed by atoms with Crippen LogP contribution in [-0.2, 0) is 9.53 Å². The van der Waals surface area contributed by atoms with E-state index in [1.54, 1.807) is 53.9 Å². The number of amides is 2. The van der Waals surface area contributed by atoms with Crippen molar-refractivity contribution in [2.45, 2.75) is 13.8 Å². The monoisotopic (exact) mass is 471 g/mol. The Hall–Kier alpha value is -3.23. The molecule has 0 spiro atoms. The highest BCUT2D eigenvalue weighted by Gasteiger charge is 2.17. The van der Waals surface area contributed by atoms with Gasteiger partial charge in [0.15, 0.2) is 12.3 Å². The molecule has 2 aromatic carbocycles. The molecule has 0 saturated heterocycles. The van der Waals surface area contributed by atoms with Crippen LogP contribution in [0.5, 0.6) is 0 Å². The van der Waals surface area contributed by atoms with Gasteiger partial charge in [0.2, 0.25) is 0 Å². The Morgan fingerprint density at radius 3 is 2.53 bits per heavy atom. The Morgan fingerprint density at radius 2 is 1.81 bits per heavy atom. The highest BCUT2D eigenvalue weighted by molar-refractivity contribution is 7.13. The van der Waals surface area contributed by atoms with Crippen LogP contribution in [0.4, 0.5) is 5.69 Å². The second kappa shape index (κ2) is 10.9. The van der Waals surface area contributed by atoms with Gasteiger partial charge in [-0.15, -0.1) is 11.3 Å². The van der Waals surface area contributed by atoms with E-state index in [1.807, 2.05) is 13.8 Å². The van der Waals surface area contributed by atoms with E-state index in [0.29, 0.717) is 33.7 Å². The van der Waals surface area contributed by atoms with Gasteiger partial charge in [-0.25, -0.2) is 9.78 Å². The first-order chi connectivity index (χ1) is 15.3. The molecule has 2 N–H and O–H groups in total. The number of rotatable bonds is 8. The molecule has 7 nitrogen and oxygen atoms in total. The molecule has 0 radical (unpaired) electrons. The van der Waals surface area contributed by atoms with E-state index in [1.165, 1.54) is 11.3 Å². The average Bonchev–Trinajstić information content (AvgIpc) is 3.27. The summed E-state index contributed by atoms with van der Waals surface area (Å²) in [6, 6.07) is 13.7. The molecule has 0 aliphatic heterocycles. The average molecular weight is 472 g/mol. The molecular weight excluding hydrogens is 450 g/mol. The number of hydrogen-bond acceptors (Lipinski definition) is 6. The number of hydrogen-bond donors (Lipinski definition) is 2. The number of carbonyl (C=O) groups excluding carboxylic acids is 3. The van der Waals surface area contributed by atoms with Gasteiger partial charge in [0, 0.05) is 22.5 Å². The molecule has 166 valence electrons. The quantitative estimate of drug-likeness (QED) is 0.466. The smallest absolute Gasteiger partial charge is 0.358 e. The van der Waals surface area contributed by atoms with E-state index in [0.717, 1.165) is 5.56 Å². The van der Waals surface area contributed by atoms with Gasteiger partial charge in [-0.1, -0.05) is 49.7 Å². The second-order valence-corrected chi connectivity index (χ2v) is 8.61. The SMILES string of the molecule is CC(C)CNC(=O)c1ccccc1NC(=O)COC(=O)c1csc(-c2ccc(Cl)cc2)n1.